The number of aryl methyl sites for hydroxylation is 1. The molecule has 2 aromatic carbocycles. The highest BCUT2D eigenvalue weighted by Gasteiger charge is 2.30. The molecule has 0 saturated carbocycles. The Kier molecular flexibility index (Phi) is 8.60. The Morgan fingerprint density at radius 2 is 1.70 bits per heavy atom. The van der Waals surface area contributed by atoms with Crippen molar-refractivity contribution in [3.8, 4) is 0 Å². The molecule has 0 aliphatic carbocycles. The molecule has 0 radical (unpaired) electrons. The molecule has 0 spiro atoms. The zero-order valence-corrected chi connectivity index (χ0v) is 18.4. The number of rotatable bonds is 4. The van der Waals surface area contributed by atoms with Crippen LogP contribution >= 0.6 is 11.8 Å². The third kappa shape index (κ3) is 7.50. The highest BCUT2D eigenvalue weighted by Crippen LogP contribution is 2.39. The van der Waals surface area contributed by atoms with E-state index >= 15 is 0 Å². The Labute approximate surface area is 179 Å². The summed E-state index contributed by atoms with van der Waals surface area (Å²) in [6.45, 7) is 6.85. The number of alkyl halides is 3. The summed E-state index contributed by atoms with van der Waals surface area (Å²) in [4.78, 5) is 4.24. The Bertz CT molecular complexity index is 945. The van der Waals surface area contributed by atoms with Crippen LogP contribution in [0, 0.1) is 6.92 Å². The van der Waals surface area contributed by atoms with Crippen LogP contribution < -0.4 is 10.2 Å². The Morgan fingerprint density at radius 1 is 1.10 bits per heavy atom. The highest BCUT2D eigenvalue weighted by atomic mass is 32.2. The fraction of sp³-hybridized carbons (Fsp3) is 0.400. The molecular weight excluding hydrogens is 437 g/mol. The van der Waals surface area contributed by atoms with Gasteiger partial charge in [0.1, 0.15) is 0 Å². The average molecular weight is 463 g/mol. The molecule has 2 aromatic rings. The Morgan fingerprint density at radius 3 is 2.23 bits per heavy atom. The summed E-state index contributed by atoms with van der Waals surface area (Å²) in [5.41, 5.74) is 1.19. The quantitative estimate of drug-likeness (QED) is 0.654. The maximum absolute atomic E-state index is 12.8. The van der Waals surface area contributed by atoms with Gasteiger partial charge in [0.05, 0.1) is 17.0 Å². The number of benzene rings is 2. The largest absolute Gasteiger partial charge is 0.416 e. The standard InChI is InChI=1S/C18H19F3N2S.C2H6O3S/c1-13-12-14(18(19,20)21)6-7-16(13)24-17-5-3-2-4-15(17)23-10-8-22-9-11-23;1-2-6(3,4)5/h2-7,12,22H,8-11H2,1H3;2H2,1H3,(H,3,4,5). The average Bonchev–Trinajstić information content (AvgIpc) is 2.70. The molecule has 1 aliphatic rings. The summed E-state index contributed by atoms with van der Waals surface area (Å²) in [5.74, 6) is -0.201. The van der Waals surface area contributed by atoms with E-state index in [9.17, 15) is 21.6 Å². The van der Waals surface area contributed by atoms with Crippen LogP contribution in [0.1, 0.15) is 18.1 Å². The lowest BCUT2D eigenvalue weighted by Crippen LogP contribution is -2.43. The number of piperazine rings is 1. The third-order valence-corrected chi connectivity index (χ3v) is 6.38. The van der Waals surface area contributed by atoms with Gasteiger partial charge in [0.25, 0.3) is 10.1 Å². The van der Waals surface area contributed by atoms with Gasteiger partial charge in [-0.2, -0.15) is 21.6 Å². The summed E-state index contributed by atoms with van der Waals surface area (Å²) in [6.07, 6.45) is -4.30. The molecule has 1 aliphatic heterocycles. The molecule has 1 fully saturated rings. The van der Waals surface area contributed by atoms with Crippen molar-refractivity contribution in [3.63, 3.8) is 0 Å². The smallest absolute Gasteiger partial charge is 0.368 e. The van der Waals surface area contributed by atoms with Crippen molar-refractivity contribution in [3.05, 3.63) is 53.6 Å². The minimum Gasteiger partial charge on any atom is -0.368 e. The number of halogens is 3. The van der Waals surface area contributed by atoms with E-state index in [4.69, 9.17) is 4.55 Å². The summed E-state index contributed by atoms with van der Waals surface area (Å²) in [5, 5.41) is 3.33. The monoisotopic (exact) mass is 462 g/mol. The van der Waals surface area contributed by atoms with E-state index in [0.717, 1.165) is 47.7 Å². The summed E-state index contributed by atoms with van der Waals surface area (Å²) < 4.78 is 65.4. The van der Waals surface area contributed by atoms with Crippen molar-refractivity contribution in [2.24, 2.45) is 0 Å². The lowest BCUT2D eigenvalue weighted by atomic mass is 10.1. The van der Waals surface area contributed by atoms with E-state index in [2.05, 4.69) is 16.3 Å². The fourth-order valence-electron chi connectivity index (χ4n) is 2.77. The van der Waals surface area contributed by atoms with Gasteiger partial charge in [-0.3, -0.25) is 4.55 Å². The molecule has 3 rings (SSSR count). The number of nitrogens with one attached hydrogen (secondary N) is 1. The molecule has 0 atom stereocenters. The fourth-order valence-corrected chi connectivity index (χ4v) is 3.81. The molecule has 0 unspecified atom stereocenters. The van der Waals surface area contributed by atoms with Gasteiger partial charge in [-0.05, 0) is 49.7 Å². The van der Waals surface area contributed by atoms with Crippen LogP contribution in [0.4, 0.5) is 18.9 Å². The molecule has 5 nitrogen and oxygen atoms in total. The number of nitrogens with zero attached hydrogens (tertiary/aromatic N) is 1. The molecular formula is C20H25F3N2O3S2. The summed E-state index contributed by atoms with van der Waals surface area (Å²) >= 11 is 1.52. The van der Waals surface area contributed by atoms with Gasteiger partial charge in [-0.1, -0.05) is 23.9 Å². The van der Waals surface area contributed by atoms with Gasteiger partial charge >= 0.3 is 6.18 Å². The van der Waals surface area contributed by atoms with Crippen molar-refractivity contribution < 1.29 is 26.1 Å². The van der Waals surface area contributed by atoms with E-state index in [0.29, 0.717) is 5.56 Å². The minimum absolute atomic E-state index is 0.201. The van der Waals surface area contributed by atoms with Crippen LogP contribution in [0.3, 0.4) is 0 Å². The van der Waals surface area contributed by atoms with Crippen LogP contribution in [0.15, 0.2) is 52.3 Å². The molecule has 1 saturated heterocycles. The SMILES string of the molecule is CCS(=O)(=O)O.Cc1cc(C(F)(F)F)ccc1Sc1ccccc1N1CCNCC1. The van der Waals surface area contributed by atoms with Crippen molar-refractivity contribution in [2.45, 2.75) is 29.8 Å². The second-order valence-corrected chi connectivity index (χ2v) is 9.48. The van der Waals surface area contributed by atoms with E-state index in [-0.39, 0.29) is 5.75 Å². The predicted octanol–water partition coefficient (Wildman–Crippen LogP) is 4.47. The van der Waals surface area contributed by atoms with Crippen molar-refractivity contribution in [1.82, 2.24) is 5.32 Å². The number of anilines is 1. The third-order valence-electron chi connectivity index (χ3n) is 4.41. The molecule has 30 heavy (non-hydrogen) atoms. The first-order chi connectivity index (χ1) is 14.0. The van der Waals surface area contributed by atoms with Crippen molar-refractivity contribution in [2.75, 3.05) is 36.8 Å². The van der Waals surface area contributed by atoms with E-state index in [1.807, 2.05) is 18.2 Å². The zero-order valence-electron chi connectivity index (χ0n) is 16.7. The molecule has 2 N–H and O–H groups in total. The Balaban J connectivity index is 0.000000469. The molecule has 10 heteroatoms. The van der Waals surface area contributed by atoms with Crippen molar-refractivity contribution in [1.29, 1.82) is 0 Å². The number of hydrogen-bond acceptors (Lipinski definition) is 5. The predicted molar refractivity (Wildman–Crippen MR) is 114 cm³/mol. The highest BCUT2D eigenvalue weighted by molar-refractivity contribution is 7.99. The normalized spacial score (nSPS) is 14.8. The summed E-state index contributed by atoms with van der Waals surface area (Å²) in [6, 6.07) is 12.0. The van der Waals surface area contributed by atoms with Gasteiger partial charge < -0.3 is 10.2 Å². The first-order valence-corrected chi connectivity index (χ1v) is 11.8. The van der Waals surface area contributed by atoms with Gasteiger partial charge in [-0.25, -0.2) is 0 Å². The van der Waals surface area contributed by atoms with E-state index < -0.39 is 21.9 Å². The zero-order chi connectivity index (χ0) is 22.4. The Hall–Kier alpha value is -1.75. The van der Waals surface area contributed by atoms with Crippen LogP contribution in [0.5, 0.6) is 0 Å². The lowest BCUT2D eigenvalue weighted by molar-refractivity contribution is -0.137. The molecule has 166 valence electrons. The van der Waals surface area contributed by atoms with Gasteiger partial charge in [0.2, 0.25) is 0 Å². The van der Waals surface area contributed by atoms with E-state index in [1.54, 1.807) is 13.0 Å². The van der Waals surface area contributed by atoms with E-state index in [1.165, 1.54) is 24.8 Å². The lowest BCUT2D eigenvalue weighted by Gasteiger charge is -2.31. The van der Waals surface area contributed by atoms with Crippen LogP contribution in [-0.4, -0.2) is 44.9 Å². The maximum Gasteiger partial charge on any atom is 0.416 e. The van der Waals surface area contributed by atoms with Gasteiger partial charge in [0, 0.05) is 36.0 Å². The second-order valence-electron chi connectivity index (χ2n) is 6.66. The number of para-hydroxylation sites is 1. The molecule has 1 heterocycles. The second kappa shape index (κ2) is 10.5. The number of hydrogen-bond donors (Lipinski definition) is 2. The van der Waals surface area contributed by atoms with Crippen molar-refractivity contribution >= 4 is 27.6 Å². The molecule has 0 amide bonds. The van der Waals surface area contributed by atoms with Crippen LogP contribution in [0.25, 0.3) is 0 Å². The minimum atomic E-state index is -4.30. The van der Waals surface area contributed by atoms with Crippen LogP contribution in [-0.2, 0) is 16.3 Å². The first kappa shape index (κ1) is 24.5. The topological polar surface area (TPSA) is 69.6 Å². The maximum atomic E-state index is 12.8. The first-order valence-electron chi connectivity index (χ1n) is 9.37. The molecule has 0 bridgehead atoms. The van der Waals surface area contributed by atoms with Crippen LogP contribution in [0.2, 0.25) is 0 Å². The molecule has 0 aromatic heterocycles. The van der Waals surface area contributed by atoms with Gasteiger partial charge in [0.15, 0.2) is 0 Å². The summed E-state index contributed by atoms with van der Waals surface area (Å²) in [7, 11) is -3.66. The van der Waals surface area contributed by atoms with Gasteiger partial charge in [-0.15, -0.1) is 0 Å².